The number of rotatable bonds is 4. The molecule has 0 aliphatic heterocycles. The van der Waals surface area contributed by atoms with E-state index in [1.165, 1.54) is 23.5 Å². The number of hydrogen-bond donors (Lipinski definition) is 1. The van der Waals surface area contributed by atoms with Crippen molar-refractivity contribution in [2.75, 3.05) is 0 Å². The van der Waals surface area contributed by atoms with Crippen LogP contribution in [-0.2, 0) is 0 Å². The molecule has 0 spiro atoms. The fraction of sp³-hybridized carbons (Fsp3) is 0.357. The topological polar surface area (TPSA) is 24.9 Å². The molecule has 1 unspecified atom stereocenters. The van der Waals surface area contributed by atoms with E-state index in [1.54, 1.807) is 0 Å². The minimum Gasteiger partial charge on any atom is -0.301 e. The van der Waals surface area contributed by atoms with E-state index in [4.69, 9.17) is 0 Å². The summed E-state index contributed by atoms with van der Waals surface area (Å²) in [4.78, 5) is 4.41. The Kier molecular flexibility index (Phi) is 3.33. The van der Waals surface area contributed by atoms with Crippen molar-refractivity contribution < 1.29 is 8.78 Å². The van der Waals surface area contributed by atoms with Gasteiger partial charge in [-0.05, 0) is 38.0 Å². The second-order valence-corrected chi connectivity index (χ2v) is 5.76. The third kappa shape index (κ3) is 2.82. The van der Waals surface area contributed by atoms with E-state index in [0.717, 1.165) is 29.6 Å². The summed E-state index contributed by atoms with van der Waals surface area (Å²) in [6.07, 6.45) is 2.16. The second kappa shape index (κ2) is 4.98. The van der Waals surface area contributed by atoms with Gasteiger partial charge in [0.2, 0.25) is 0 Å². The molecule has 1 N–H and O–H groups in total. The lowest BCUT2D eigenvalue weighted by molar-refractivity contribution is 0.533. The van der Waals surface area contributed by atoms with Crippen LogP contribution in [0.4, 0.5) is 8.78 Å². The lowest BCUT2D eigenvalue weighted by Crippen LogP contribution is -2.25. The van der Waals surface area contributed by atoms with Gasteiger partial charge in [0.25, 0.3) is 0 Å². The zero-order chi connectivity index (χ0) is 13.4. The van der Waals surface area contributed by atoms with Crippen molar-refractivity contribution in [2.24, 2.45) is 0 Å². The van der Waals surface area contributed by atoms with Gasteiger partial charge in [-0.25, -0.2) is 13.8 Å². The minimum atomic E-state index is -0.424. The Balaban J connectivity index is 2.00. The first kappa shape index (κ1) is 12.7. The van der Waals surface area contributed by atoms with E-state index >= 15 is 0 Å². The highest BCUT2D eigenvalue weighted by Gasteiger charge is 2.29. The Bertz CT molecular complexity index is 593. The highest BCUT2D eigenvalue weighted by molar-refractivity contribution is 7.09. The minimum absolute atomic E-state index is 0.334. The monoisotopic (exact) mass is 280 g/mol. The average Bonchev–Trinajstić information content (AvgIpc) is 3.10. The maximum Gasteiger partial charge on any atom is 0.128 e. The summed E-state index contributed by atoms with van der Waals surface area (Å²) in [5, 5.41) is 6.06. The molecule has 1 aliphatic carbocycles. The van der Waals surface area contributed by atoms with Crippen LogP contribution >= 0.6 is 11.3 Å². The highest BCUT2D eigenvalue weighted by Crippen LogP contribution is 2.31. The SMILES string of the molecule is Cc1csc(C(NC2CC2)c2cc(F)ccc2F)n1. The fourth-order valence-corrected chi connectivity index (χ4v) is 2.89. The molecule has 2 aromatic rings. The molecule has 19 heavy (non-hydrogen) atoms. The zero-order valence-corrected chi connectivity index (χ0v) is 11.3. The molecule has 0 amide bonds. The smallest absolute Gasteiger partial charge is 0.128 e. The first-order valence-corrected chi connectivity index (χ1v) is 7.14. The predicted molar refractivity (Wildman–Crippen MR) is 71.2 cm³/mol. The molecule has 2 nitrogen and oxygen atoms in total. The fourth-order valence-electron chi connectivity index (χ4n) is 2.02. The lowest BCUT2D eigenvalue weighted by Gasteiger charge is -2.17. The summed E-state index contributed by atoms with van der Waals surface area (Å²) in [5.41, 5.74) is 1.24. The van der Waals surface area contributed by atoms with Crippen LogP contribution in [0, 0.1) is 18.6 Å². The molecule has 1 aromatic heterocycles. The maximum atomic E-state index is 14.0. The molecule has 1 fully saturated rings. The molecule has 1 aliphatic rings. The number of halogens is 2. The highest BCUT2D eigenvalue weighted by atomic mass is 32.1. The molecule has 1 heterocycles. The summed E-state index contributed by atoms with van der Waals surface area (Å²) in [7, 11) is 0. The Morgan fingerprint density at radius 1 is 1.37 bits per heavy atom. The summed E-state index contributed by atoms with van der Waals surface area (Å²) < 4.78 is 27.3. The summed E-state index contributed by atoms with van der Waals surface area (Å²) in [6, 6.07) is 3.60. The number of nitrogens with one attached hydrogen (secondary N) is 1. The van der Waals surface area contributed by atoms with Gasteiger partial charge in [0.05, 0.1) is 6.04 Å². The van der Waals surface area contributed by atoms with Gasteiger partial charge in [0.15, 0.2) is 0 Å². The van der Waals surface area contributed by atoms with Crippen LogP contribution in [0.2, 0.25) is 0 Å². The molecule has 100 valence electrons. The van der Waals surface area contributed by atoms with Crippen molar-refractivity contribution in [3.8, 4) is 0 Å². The third-order valence-electron chi connectivity index (χ3n) is 3.13. The van der Waals surface area contributed by atoms with E-state index in [1.807, 2.05) is 12.3 Å². The molecule has 5 heteroatoms. The molecule has 0 radical (unpaired) electrons. The van der Waals surface area contributed by atoms with Crippen molar-refractivity contribution in [3.63, 3.8) is 0 Å². The van der Waals surface area contributed by atoms with Gasteiger partial charge in [0.1, 0.15) is 16.6 Å². The number of aromatic nitrogens is 1. The maximum absolute atomic E-state index is 14.0. The van der Waals surface area contributed by atoms with Crippen molar-refractivity contribution >= 4 is 11.3 Å². The largest absolute Gasteiger partial charge is 0.301 e. The lowest BCUT2D eigenvalue weighted by atomic mass is 10.1. The van der Waals surface area contributed by atoms with Crippen molar-refractivity contribution in [2.45, 2.75) is 31.8 Å². The van der Waals surface area contributed by atoms with Crippen LogP contribution in [0.25, 0.3) is 0 Å². The number of aryl methyl sites for hydroxylation is 1. The van der Waals surface area contributed by atoms with Crippen molar-refractivity contribution in [1.82, 2.24) is 10.3 Å². The van der Waals surface area contributed by atoms with Gasteiger partial charge in [-0.15, -0.1) is 11.3 Å². The van der Waals surface area contributed by atoms with Crippen LogP contribution in [0.1, 0.15) is 35.1 Å². The quantitative estimate of drug-likeness (QED) is 0.926. The molecule has 1 saturated carbocycles. The molecular weight excluding hydrogens is 266 g/mol. The standard InChI is InChI=1S/C14H14F2N2S/c1-8-7-19-14(17-8)13(18-10-3-4-10)11-6-9(15)2-5-12(11)16/h2,5-7,10,13,18H,3-4H2,1H3. The predicted octanol–water partition coefficient (Wildman–Crippen LogP) is 3.57. The van der Waals surface area contributed by atoms with Crippen LogP contribution in [0.3, 0.4) is 0 Å². The Morgan fingerprint density at radius 2 is 2.16 bits per heavy atom. The van der Waals surface area contributed by atoms with Crippen LogP contribution in [0.15, 0.2) is 23.6 Å². The van der Waals surface area contributed by atoms with Gasteiger partial charge >= 0.3 is 0 Å². The van der Waals surface area contributed by atoms with Crippen molar-refractivity contribution in [1.29, 1.82) is 0 Å². The van der Waals surface area contributed by atoms with E-state index in [9.17, 15) is 8.78 Å². The van der Waals surface area contributed by atoms with Gasteiger partial charge in [0, 0.05) is 22.7 Å². The first-order valence-electron chi connectivity index (χ1n) is 6.26. The summed E-state index contributed by atoms with van der Waals surface area (Å²) >= 11 is 1.47. The second-order valence-electron chi connectivity index (χ2n) is 4.87. The van der Waals surface area contributed by atoms with Gasteiger partial charge in [-0.2, -0.15) is 0 Å². The number of thiazole rings is 1. The van der Waals surface area contributed by atoms with Crippen LogP contribution in [0.5, 0.6) is 0 Å². The Morgan fingerprint density at radius 3 is 2.79 bits per heavy atom. The normalized spacial score (nSPS) is 16.6. The summed E-state index contributed by atoms with van der Waals surface area (Å²) in [5.74, 6) is -0.820. The number of benzene rings is 1. The number of hydrogen-bond acceptors (Lipinski definition) is 3. The molecule has 1 atom stereocenters. The Hall–Kier alpha value is -1.33. The number of nitrogens with zero attached hydrogens (tertiary/aromatic N) is 1. The van der Waals surface area contributed by atoms with Gasteiger partial charge < -0.3 is 5.32 Å². The molecule has 1 aromatic carbocycles. The Labute approximate surface area is 114 Å². The zero-order valence-electron chi connectivity index (χ0n) is 10.5. The van der Waals surface area contributed by atoms with E-state index < -0.39 is 11.6 Å². The molecule has 3 rings (SSSR count). The molecule has 0 saturated heterocycles. The van der Waals surface area contributed by atoms with Crippen molar-refractivity contribution in [3.05, 3.63) is 51.5 Å². The van der Waals surface area contributed by atoms with E-state index in [-0.39, 0.29) is 6.04 Å². The van der Waals surface area contributed by atoms with E-state index in [0.29, 0.717) is 11.6 Å². The molecular formula is C14H14F2N2S. The third-order valence-corrected chi connectivity index (χ3v) is 4.16. The van der Waals surface area contributed by atoms with Crippen LogP contribution < -0.4 is 5.32 Å². The first-order chi connectivity index (χ1) is 9.13. The summed E-state index contributed by atoms with van der Waals surface area (Å²) in [6.45, 7) is 1.90. The van der Waals surface area contributed by atoms with E-state index in [2.05, 4.69) is 10.3 Å². The van der Waals surface area contributed by atoms with Crippen LogP contribution in [-0.4, -0.2) is 11.0 Å². The molecule has 0 bridgehead atoms. The van der Waals surface area contributed by atoms with Gasteiger partial charge in [-0.3, -0.25) is 0 Å². The average molecular weight is 280 g/mol. The van der Waals surface area contributed by atoms with Gasteiger partial charge in [-0.1, -0.05) is 0 Å².